The Morgan fingerprint density at radius 1 is 1.32 bits per heavy atom. The second-order valence-electron chi connectivity index (χ2n) is 4.18. The van der Waals surface area contributed by atoms with E-state index in [2.05, 4.69) is 0 Å². The predicted octanol–water partition coefficient (Wildman–Crippen LogP) is 0.551. The van der Waals surface area contributed by atoms with Crippen LogP contribution in [0, 0.1) is 0 Å². The lowest BCUT2D eigenvalue weighted by Gasteiger charge is -2.08. The van der Waals surface area contributed by atoms with Crippen molar-refractivity contribution in [3.8, 4) is 0 Å². The van der Waals surface area contributed by atoms with Crippen LogP contribution in [0.4, 0.5) is 13.2 Å². The molecule has 0 fully saturated rings. The average molecular weight is 368 g/mol. The van der Waals surface area contributed by atoms with E-state index < -0.39 is 31.1 Å². The van der Waals surface area contributed by atoms with Crippen molar-refractivity contribution in [2.45, 2.75) is 30.6 Å². The summed E-state index contributed by atoms with van der Waals surface area (Å²) in [5.74, 6) is 0. The summed E-state index contributed by atoms with van der Waals surface area (Å²) in [6.45, 7) is 1.88. The molecule has 0 aliphatic carbocycles. The van der Waals surface area contributed by atoms with Gasteiger partial charge in [-0.05, 0) is 0 Å². The van der Waals surface area contributed by atoms with Gasteiger partial charge in [0.25, 0.3) is 0 Å². The normalized spacial score (nSPS) is 14.1. The molecule has 0 aliphatic rings. The summed E-state index contributed by atoms with van der Waals surface area (Å²) >= 11 is 0. The number of nitrogens with zero attached hydrogens (tertiary/aromatic N) is 2. The molecule has 1 unspecified atom stereocenters. The quantitative estimate of drug-likeness (QED) is 0.471. The van der Waals surface area contributed by atoms with Gasteiger partial charge in [-0.1, -0.05) is 13.3 Å². The topological polar surface area (TPSA) is 120 Å². The number of aryl methyl sites for hydroxylation is 1. The molecule has 22 heavy (non-hydrogen) atoms. The monoisotopic (exact) mass is 368 g/mol. The number of alkyl halides is 3. The van der Waals surface area contributed by atoms with Gasteiger partial charge in [-0.3, -0.25) is 4.55 Å². The molecule has 1 N–H and O–H groups in total. The van der Waals surface area contributed by atoms with E-state index in [0.717, 1.165) is 0 Å². The van der Waals surface area contributed by atoms with Crippen LogP contribution in [-0.2, 0) is 27.3 Å². The largest absolute Gasteiger partial charge is 0.741 e. The molecule has 0 aliphatic heterocycles. The number of hydrogen-bond donors (Lipinski definition) is 1. The van der Waals surface area contributed by atoms with E-state index in [4.69, 9.17) is 17.5 Å². The fraction of sp³-hybridized carbons (Fsp3) is 0.667. The molecule has 130 valence electrons. The van der Waals surface area contributed by atoms with Crippen LogP contribution in [0.5, 0.6) is 0 Å². The van der Waals surface area contributed by atoms with E-state index in [1.165, 1.54) is 4.57 Å². The molecular weight excluding hydrogens is 353 g/mol. The van der Waals surface area contributed by atoms with Crippen LogP contribution in [-0.4, -0.2) is 36.0 Å². The minimum absolute atomic E-state index is 0.410. The van der Waals surface area contributed by atoms with Crippen molar-refractivity contribution in [3.05, 3.63) is 18.7 Å². The van der Waals surface area contributed by atoms with E-state index in [1.54, 1.807) is 30.3 Å². The predicted molar refractivity (Wildman–Crippen MR) is 66.9 cm³/mol. The molecular formula is C9H15F3N2O6S2. The summed E-state index contributed by atoms with van der Waals surface area (Å²) in [5.41, 5.74) is -5.65. The SMILES string of the molecule is CCCC([n+]1ccn(C)c1)S(=O)(=O)O.O=S(=O)([O-])C(F)(F)F. The fourth-order valence-corrected chi connectivity index (χ4v) is 2.30. The summed E-state index contributed by atoms with van der Waals surface area (Å²) in [5, 5.41) is -0.867. The Morgan fingerprint density at radius 2 is 1.77 bits per heavy atom. The lowest BCUT2D eigenvalue weighted by Crippen LogP contribution is -2.42. The van der Waals surface area contributed by atoms with Gasteiger partial charge in [0.1, 0.15) is 12.4 Å². The molecule has 13 heteroatoms. The highest BCUT2D eigenvalue weighted by molar-refractivity contribution is 7.86. The number of imidazole rings is 1. The lowest BCUT2D eigenvalue weighted by molar-refractivity contribution is -0.702. The molecule has 1 heterocycles. The van der Waals surface area contributed by atoms with Gasteiger partial charge in [0.05, 0.1) is 7.05 Å². The smallest absolute Gasteiger partial charge is 0.485 e. The van der Waals surface area contributed by atoms with E-state index in [1.807, 2.05) is 6.92 Å². The fourth-order valence-electron chi connectivity index (χ4n) is 1.34. The zero-order valence-corrected chi connectivity index (χ0v) is 13.2. The molecule has 1 rings (SSSR count). The molecule has 0 bridgehead atoms. The van der Waals surface area contributed by atoms with Crippen LogP contribution in [0.15, 0.2) is 18.7 Å². The Bertz CT molecular complexity index is 680. The number of hydrogen-bond acceptors (Lipinski definition) is 5. The lowest BCUT2D eigenvalue weighted by atomic mass is 10.3. The first kappa shape index (κ1) is 20.8. The number of halogens is 3. The van der Waals surface area contributed by atoms with Crippen LogP contribution in [0.3, 0.4) is 0 Å². The highest BCUT2D eigenvalue weighted by Crippen LogP contribution is 2.20. The maximum absolute atomic E-state index is 11.1. The Kier molecular flexibility index (Phi) is 6.99. The Balaban J connectivity index is 0.000000472. The third-order valence-electron chi connectivity index (χ3n) is 2.28. The summed E-state index contributed by atoms with van der Waals surface area (Å²) < 4.78 is 93.3. The van der Waals surface area contributed by atoms with E-state index in [0.29, 0.717) is 12.8 Å². The Morgan fingerprint density at radius 3 is 2.00 bits per heavy atom. The van der Waals surface area contributed by atoms with Crippen molar-refractivity contribution in [1.29, 1.82) is 0 Å². The standard InChI is InChI=1S/C8H14N2O3S.CHF3O3S/c1-3-4-8(14(11,12)13)10-6-5-9(2)7-10;2-1(3,4)8(5,6)7/h5-8H,3-4H2,1-2H3;(H,5,6,7). The molecule has 0 saturated carbocycles. The molecule has 0 aromatic carbocycles. The van der Waals surface area contributed by atoms with Crippen molar-refractivity contribution in [2.75, 3.05) is 0 Å². The van der Waals surface area contributed by atoms with Crippen molar-refractivity contribution < 1.29 is 43.7 Å². The second-order valence-corrected chi connectivity index (χ2v) is 7.13. The summed E-state index contributed by atoms with van der Waals surface area (Å²) in [6, 6.07) is 0. The summed E-state index contributed by atoms with van der Waals surface area (Å²) in [7, 11) is -8.31. The minimum Gasteiger partial charge on any atom is -0.741 e. The van der Waals surface area contributed by atoms with Gasteiger partial charge in [-0.2, -0.15) is 21.6 Å². The van der Waals surface area contributed by atoms with Crippen molar-refractivity contribution in [2.24, 2.45) is 7.05 Å². The molecule has 0 amide bonds. The highest BCUT2D eigenvalue weighted by atomic mass is 32.2. The first-order valence-corrected chi connectivity index (χ1v) is 8.62. The van der Waals surface area contributed by atoms with Gasteiger partial charge in [-0.15, -0.1) is 0 Å². The molecule has 0 saturated heterocycles. The Hall–Kier alpha value is -1.18. The zero-order chi connectivity index (χ0) is 17.8. The van der Waals surface area contributed by atoms with E-state index in [-0.39, 0.29) is 0 Å². The number of rotatable bonds is 4. The molecule has 1 aromatic rings. The van der Waals surface area contributed by atoms with Gasteiger partial charge in [0.2, 0.25) is 11.7 Å². The maximum atomic E-state index is 11.1. The Labute approximate surface area is 125 Å². The average Bonchev–Trinajstić information content (AvgIpc) is 2.68. The summed E-state index contributed by atoms with van der Waals surface area (Å²) in [4.78, 5) is 0. The molecule has 1 aromatic heterocycles. The van der Waals surface area contributed by atoms with Crippen molar-refractivity contribution in [1.82, 2.24) is 4.57 Å². The van der Waals surface area contributed by atoms with Gasteiger partial charge >= 0.3 is 15.6 Å². The van der Waals surface area contributed by atoms with E-state index in [9.17, 15) is 21.6 Å². The van der Waals surface area contributed by atoms with E-state index >= 15 is 0 Å². The maximum Gasteiger partial charge on any atom is 0.485 e. The van der Waals surface area contributed by atoms with Crippen LogP contribution >= 0.6 is 0 Å². The van der Waals surface area contributed by atoms with Crippen molar-refractivity contribution >= 4 is 20.2 Å². The van der Waals surface area contributed by atoms with Gasteiger partial charge in [0, 0.05) is 6.42 Å². The van der Waals surface area contributed by atoms with Gasteiger partial charge in [-0.25, -0.2) is 17.6 Å². The van der Waals surface area contributed by atoms with Crippen LogP contribution in [0.1, 0.15) is 25.1 Å². The number of aromatic nitrogens is 2. The minimum atomic E-state index is -6.09. The third-order valence-corrected chi connectivity index (χ3v) is 4.02. The molecule has 1 atom stereocenters. The highest BCUT2D eigenvalue weighted by Gasteiger charge is 2.36. The van der Waals surface area contributed by atoms with Crippen LogP contribution in [0.25, 0.3) is 0 Å². The molecule has 0 spiro atoms. The van der Waals surface area contributed by atoms with Crippen LogP contribution in [0.2, 0.25) is 0 Å². The molecule has 8 nitrogen and oxygen atoms in total. The second kappa shape index (κ2) is 7.39. The van der Waals surface area contributed by atoms with Crippen LogP contribution < -0.4 is 4.57 Å². The zero-order valence-electron chi connectivity index (χ0n) is 11.6. The first-order valence-electron chi connectivity index (χ1n) is 5.71. The van der Waals surface area contributed by atoms with Crippen molar-refractivity contribution in [3.63, 3.8) is 0 Å². The first-order chi connectivity index (χ1) is 9.70. The van der Waals surface area contributed by atoms with Gasteiger partial charge < -0.3 is 4.55 Å². The van der Waals surface area contributed by atoms with Gasteiger partial charge in [0.15, 0.2) is 10.1 Å². The summed E-state index contributed by atoms with van der Waals surface area (Å²) in [6.07, 6.45) is 6.11. The third kappa shape index (κ3) is 6.72. The molecule has 0 radical (unpaired) electrons.